The van der Waals surface area contributed by atoms with E-state index in [-0.39, 0.29) is 48.2 Å². The Hall–Kier alpha value is -2.94. The number of carbonyl (C=O) groups excluding carboxylic acids is 4. The first-order valence-corrected chi connectivity index (χ1v) is 14.5. The Bertz CT molecular complexity index is 963. The van der Waals surface area contributed by atoms with Gasteiger partial charge in [0.15, 0.2) is 11.5 Å². The van der Waals surface area contributed by atoms with Gasteiger partial charge in [-0.15, -0.1) is 0 Å². The van der Waals surface area contributed by atoms with Gasteiger partial charge in [-0.1, -0.05) is 66.9 Å². The second kappa shape index (κ2) is 18.4. The standard InChI is InChI=1S/C31H49NO8/c1-9-12-20(4)28(33)38-23(7)19-32-25(31(36)37-8)17-24-15-16-26(39-29(34)21(5)13-10-2)27(18-24)40-30(35)22(6)14-11-3/h15-16,18,20-23,25,32H,9-14,17,19H2,1-8H3/t20?,21?,22?,23?,25-/m0/s1. The zero-order valence-electron chi connectivity index (χ0n) is 25.5. The summed E-state index contributed by atoms with van der Waals surface area (Å²) in [6.07, 6.45) is 4.38. The van der Waals surface area contributed by atoms with Gasteiger partial charge in [0.25, 0.3) is 0 Å². The zero-order chi connectivity index (χ0) is 30.2. The van der Waals surface area contributed by atoms with Crippen LogP contribution in [0.15, 0.2) is 18.2 Å². The van der Waals surface area contributed by atoms with E-state index < -0.39 is 30.1 Å². The van der Waals surface area contributed by atoms with Crippen LogP contribution >= 0.6 is 0 Å². The van der Waals surface area contributed by atoms with Crippen molar-refractivity contribution in [2.75, 3.05) is 13.7 Å². The minimum absolute atomic E-state index is 0.123. The maximum Gasteiger partial charge on any atom is 0.323 e. The molecule has 1 rings (SSSR count). The molecule has 0 saturated heterocycles. The van der Waals surface area contributed by atoms with Crippen molar-refractivity contribution in [2.45, 2.75) is 106 Å². The van der Waals surface area contributed by atoms with Crippen molar-refractivity contribution in [3.05, 3.63) is 23.8 Å². The van der Waals surface area contributed by atoms with Gasteiger partial charge in [-0.3, -0.25) is 19.2 Å². The molecule has 9 heteroatoms. The fourth-order valence-corrected chi connectivity index (χ4v) is 4.20. The van der Waals surface area contributed by atoms with Crippen LogP contribution in [-0.4, -0.2) is 49.7 Å². The first kappa shape index (κ1) is 35.1. The number of ether oxygens (including phenoxy) is 4. The monoisotopic (exact) mass is 563 g/mol. The molecule has 0 aliphatic heterocycles. The molecule has 9 nitrogen and oxygen atoms in total. The SMILES string of the molecule is CCCC(C)C(=O)Oc1ccc(C[C@H](NCC(C)OC(=O)C(C)CCC)C(=O)OC)cc1OC(=O)C(C)CCC. The number of rotatable bonds is 18. The van der Waals surface area contributed by atoms with Crippen molar-refractivity contribution in [3.63, 3.8) is 0 Å². The first-order valence-electron chi connectivity index (χ1n) is 14.5. The van der Waals surface area contributed by atoms with Gasteiger partial charge in [0.05, 0.1) is 24.9 Å². The van der Waals surface area contributed by atoms with E-state index in [1.165, 1.54) is 7.11 Å². The van der Waals surface area contributed by atoms with E-state index >= 15 is 0 Å². The average molecular weight is 564 g/mol. The van der Waals surface area contributed by atoms with Gasteiger partial charge < -0.3 is 24.3 Å². The third-order valence-corrected chi connectivity index (χ3v) is 6.70. The molecule has 0 amide bonds. The predicted molar refractivity (Wildman–Crippen MR) is 153 cm³/mol. The normalized spacial score (nSPS) is 14.8. The van der Waals surface area contributed by atoms with Crippen LogP contribution in [-0.2, 0) is 35.1 Å². The Labute approximate surface area is 239 Å². The molecule has 4 unspecified atom stereocenters. The van der Waals surface area contributed by atoms with E-state index in [0.717, 1.165) is 25.7 Å². The summed E-state index contributed by atoms with van der Waals surface area (Å²) in [5, 5.41) is 3.12. The lowest BCUT2D eigenvalue weighted by Gasteiger charge is -2.21. The van der Waals surface area contributed by atoms with Crippen molar-refractivity contribution in [1.29, 1.82) is 0 Å². The van der Waals surface area contributed by atoms with E-state index in [9.17, 15) is 19.2 Å². The molecule has 1 N–H and O–H groups in total. The molecule has 0 heterocycles. The fraction of sp³-hybridized carbons (Fsp3) is 0.677. The van der Waals surface area contributed by atoms with Gasteiger partial charge >= 0.3 is 23.9 Å². The Morgan fingerprint density at radius 1 is 0.725 bits per heavy atom. The molecular formula is C31H49NO8. The Morgan fingerprint density at radius 2 is 1.23 bits per heavy atom. The Balaban J connectivity index is 3.11. The second-order valence-electron chi connectivity index (χ2n) is 10.6. The van der Waals surface area contributed by atoms with Crippen molar-refractivity contribution in [2.24, 2.45) is 17.8 Å². The summed E-state index contributed by atoms with van der Waals surface area (Å²) in [6.45, 7) is 13.4. The van der Waals surface area contributed by atoms with E-state index in [1.54, 1.807) is 39.0 Å². The van der Waals surface area contributed by atoms with Gasteiger partial charge in [0.1, 0.15) is 12.1 Å². The van der Waals surface area contributed by atoms with E-state index in [4.69, 9.17) is 18.9 Å². The zero-order valence-corrected chi connectivity index (χ0v) is 25.5. The number of esters is 4. The lowest BCUT2D eigenvalue weighted by atomic mass is 10.0. The van der Waals surface area contributed by atoms with Gasteiger partial charge in [-0.2, -0.15) is 0 Å². The van der Waals surface area contributed by atoms with Crippen LogP contribution in [0.1, 0.15) is 92.6 Å². The summed E-state index contributed by atoms with van der Waals surface area (Å²) in [5.41, 5.74) is 0.663. The lowest BCUT2D eigenvalue weighted by molar-refractivity contribution is -0.152. The summed E-state index contributed by atoms with van der Waals surface area (Å²) < 4.78 is 21.8. The highest BCUT2D eigenvalue weighted by molar-refractivity contribution is 5.79. The minimum atomic E-state index is -0.750. The molecule has 0 bridgehead atoms. The Morgan fingerprint density at radius 3 is 1.73 bits per heavy atom. The molecule has 1 aromatic carbocycles. The fourth-order valence-electron chi connectivity index (χ4n) is 4.20. The highest BCUT2D eigenvalue weighted by Gasteiger charge is 2.25. The van der Waals surface area contributed by atoms with E-state index in [2.05, 4.69) is 5.32 Å². The van der Waals surface area contributed by atoms with Crippen molar-refractivity contribution >= 4 is 23.9 Å². The van der Waals surface area contributed by atoms with Crippen LogP contribution in [0.5, 0.6) is 11.5 Å². The van der Waals surface area contributed by atoms with Crippen LogP contribution in [0.25, 0.3) is 0 Å². The van der Waals surface area contributed by atoms with Crippen LogP contribution in [0, 0.1) is 17.8 Å². The number of methoxy groups -OCH3 is 1. The number of nitrogens with one attached hydrogen (secondary N) is 1. The van der Waals surface area contributed by atoms with Crippen LogP contribution in [0.2, 0.25) is 0 Å². The van der Waals surface area contributed by atoms with Crippen molar-refractivity contribution < 1.29 is 38.1 Å². The topological polar surface area (TPSA) is 117 Å². The summed E-state index contributed by atoms with van der Waals surface area (Å²) in [5.74, 6) is -2.14. The van der Waals surface area contributed by atoms with Crippen LogP contribution in [0.4, 0.5) is 0 Å². The largest absolute Gasteiger partial charge is 0.468 e. The maximum atomic E-state index is 12.7. The highest BCUT2D eigenvalue weighted by Crippen LogP contribution is 2.31. The molecule has 1 aromatic rings. The van der Waals surface area contributed by atoms with E-state index in [1.807, 2.05) is 27.7 Å². The van der Waals surface area contributed by atoms with Gasteiger partial charge in [0, 0.05) is 6.54 Å². The quantitative estimate of drug-likeness (QED) is 0.185. The Kier molecular flexibility index (Phi) is 16.2. The average Bonchev–Trinajstić information content (AvgIpc) is 2.91. The van der Waals surface area contributed by atoms with Crippen LogP contribution < -0.4 is 14.8 Å². The van der Waals surface area contributed by atoms with Crippen molar-refractivity contribution in [1.82, 2.24) is 5.32 Å². The third-order valence-electron chi connectivity index (χ3n) is 6.70. The molecule has 5 atom stereocenters. The number of hydrogen-bond acceptors (Lipinski definition) is 9. The summed E-state index contributed by atoms with van der Waals surface area (Å²) in [4.78, 5) is 50.2. The summed E-state index contributed by atoms with van der Waals surface area (Å²) in [6, 6.07) is 4.15. The molecule has 40 heavy (non-hydrogen) atoms. The summed E-state index contributed by atoms with van der Waals surface area (Å²) >= 11 is 0. The van der Waals surface area contributed by atoms with Gasteiger partial charge in [-0.05, 0) is 50.3 Å². The molecule has 0 spiro atoms. The lowest BCUT2D eigenvalue weighted by Crippen LogP contribution is -2.43. The van der Waals surface area contributed by atoms with Gasteiger partial charge in [0.2, 0.25) is 0 Å². The third kappa shape index (κ3) is 12.1. The first-order chi connectivity index (χ1) is 19.0. The summed E-state index contributed by atoms with van der Waals surface area (Å²) in [7, 11) is 1.30. The van der Waals surface area contributed by atoms with Crippen molar-refractivity contribution in [3.8, 4) is 11.5 Å². The predicted octanol–water partition coefficient (Wildman–Crippen LogP) is 5.41. The second-order valence-corrected chi connectivity index (χ2v) is 10.6. The van der Waals surface area contributed by atoms with Crippen LogP contribution in [0.3, 0.4) is 0 Å². The molecule has 0 radical (unpaired) electrons. The molecule has 0 saturated carbocycles. The van der Waals surface area contributed by atoms with Gasteiger partial charge in [-0.25, -0.2) is 0 Å². The number of benzene rings is 1. The molecule has 0 aromatic heterocycles. The molecular weight excluding hydrogens is 514 g/mol. The molecule has 226 valence electrons. The minimum Gasteiger partial charge on any atom is -0.468 e. The highest BCUT2D eigenvalue weighted by atomic mass is 16.6. The number of carbonyl (C=O) groups is 4. The molecule has 0 aliphatic rings. The molecule has 0 aliphatic carbocycles. The van der Waals surface area contributed by atoms with E-state index in [0.29, 0.717) is 18.4 Å². The smallest absolute Gasteiger partial charge is 0.323 e. The molecule has 0 fully saturated rings. The maximum absolute atomic E-state index is 12.7. The number of hydrogen-bond donors (Lipinski definition) is 1.